The summed E-state index contributed by atoms with van der Waals surface area (Å²) in [6.07, 6.45) is 4.55. The van der Waals surface area contributed by atoms with Gasteiger partial charge in [0.2, 0.25) is 0 Å². The maximum absolute atomic E-state index is 7.70. The van der Waals surface area contributed by atoms with Gasteiger partial charge in [0.1, 0.15) is 0 Å². The third kappa shape index (κ3) is 4.44. The monoisotopic (exact) mass is 474 g/mol. The highest BCUT2D eigenvalue weighted by Gasteiger charge is 2.43. The van der Waals surface area contributed by atoms with Crippen LogP contribution < -0.4 is 15.9 Å². The minimum absolute atomic E-state index is 0.216. The van der Waals surface area contributed by atoms with Crippen LogP contribution in [-0.4, -0.2) is 27.0 Å². The largest absolute Gasteiger partial charge is 0.299 e. The Labute approximate surface area is 208 Å². The van der Waals surface area contributed by atoms with Crippen molar-refractivity contribution >= 4 is 45.3 Å². The molecule has 0 aliphatic carbocycles. The summed E-state index contributed by atoms with van der Waals surface area (Å²) in [7, 11) is 11.1. The normalized spacial score (nSPS) is 21.3. The first kappa shape index (κ1) is 23.6. The summed E-state index contributed by atoms with van der Waals surface area (Å²) >= 11 is 0. The molecule has 166 valence electrons. The van der Waals surface area contributed by atoms with Crippen molar-refractivity contribution in [2.45, 2.75) is 30.6 Å². The first-order valence-electron chi connectivity index (χ1n) is 12.2. The molecule has 0 saturated carbocycles. The third-order valence-electron chi connectivity index (χ3n) is 7.49. The van der Waals surface area contributed by atoms with Gasteiger partial charge in [-0.2, -0.15) is 7.14 Å². The lowest BCUT2D eigenvalue weighted by Crippen LogP contribution is -2.30. The molecule has 5 rings (SSSR count). The highest BCUT2D eigenvalue weighted by molar-refractivity contribution is 8.08. The van der Waals surface area contributed by atoms with E-state index in [1.165, 1.54) is 34.3 Å². The van der Waals surface area contributed by atoms with E-state index in [0.29, 0.717) is 5.66 Å². The zero-order valence-electron chi connectivity index (χ0n) is 19.6. The molecule has 34 heavy (non-hydrogen) atoms. The molecule has 0 aromatic heterocycles. The third-order valence-corrected chi connectivity index (χ3v) is 15.4. The average molecular weight is 474 g/mol. The molecule has 4 heteroatoms. The number of hydrogen-bond acceptors (Lipinski definition) is 0. The zero-order chi connectivity index (χ0) is 23.4. The Morgan fingerprint density at radius 1 is 0.706 bits per heavy atom. The van der Waals surface area contributed by atoms with E-state index in [0.717, 1.165) is 12.6 Å². The molecular weight excluding hydrogens is 444 g/mol. The second-order valence-electron chi connectivity index (χ2n) is 9.40. The van der Waals surface area contributed by atoms with Crippen molar-refractivity contribution < 1.29 is 0 Å². The molecular formula is C30H30B2P2. The lowest BCUT2D eigenvalue weighted by atomic mass is 10.1. The fraction of sp³-hybridized carbons (Fsp3) is 0.200. The van der Waals surface area contributed by atoms with Crippen molar-refractivity contribution in [3.8, 4) is 0 Å². The predicted octanol–water partition coefficient (Wildman–Crippen LogP) is 6.46. The highest BCUT2D eigenvalue weighted by Crippen LogP contribution is 2.71. The molecule has 3 atom stereocenters. The van der Waals surface area contributed by atoms with Crippen molar-refractivity contribution in [2.24, 2.45) is 0 Å². The molecule has 1 saturated heterocycles. The van der Waals surface area contributed by atoms with Gasteiger partial charge < -0.3 is 0 Å². The number of hydrogen-bond donors (Lipinski definition) is 0. The van der Waals surface area contributed by atoms with Crippen LogP contribution in [0.4, 0.5) is 0 Å². The Kier molecular flexibility index (Phi) is 7.11. The van der Waals surface area contributed by atoms with Crippen LogP contribution in [0.2, 0.25) is 0 Å². The van der Waals surface area contributed by atoms with E-state index >= 15 is 0 Å². The van der Waals surface area contributed by atoms with E-state index in [1.54, 1.807) is 0 Å². The molecule has 0 bridgehead atoms. The summed E-state index contributed by atoms with van der Waals surface area (Å²) in [5.41, 5.74) is 2.03. The van der Waals surface area contributed by atoms with Gasteiger partial charge in [0, 0.05) is 34.2 Å². The standard InChI is InChI=1S/C30H30B2P2/c31-33(26-16-7-2-8-17-26)23-13-22-29(33)24-30(25-14-5-1-6-15-25)34(32,27-18-9-3-10-19-27)28-20-11-4-12-21-28/h1-12,14-21,29-30H,13,22-24H2. The van der Waals surface area contributed by atoms with Crippen LogP contribution in [-0.2, 0) is 0 Å². The van der Waals surface area contributed by atoms with Crippen molar-refractivity contribution in [2.75, 3.05) is 6.16 Å². The van der Waals surface area contributed by atoms with Gasteiger partial charge >= 0.3 is 0 Å². The van der Waals surface area contributed by atoms with Gasteiger partial charge in [-0.25, -0.2) is 7.14 Å². The minimum Gasteiger partial charge on any atom is -0.299 e. The maximum atomic E-state index is 7.70. The van der Waals surface area contributed by atoms with Gasteiger partial charge in [0.05, 0.1) is 5.66 Å². The quantitative estimate of drug-likeness (QED) is 0.213. The molecule has 1 aliphatic rings. The van der Waals surface area contributed by atoms with Crippen molar-refractivity contribution in [3.05, 3.63) is 127 Å². The van der Waals surface area contributed by atoms with Gasteiger partial charge in [-0.3, -0.25) is 15.1 Å². The molecule has 0 N–H and O–H groups in total. The van der Waals surface area contributed by atoms with E-state index in [9.17, 15) is 0 Å². The summed E-state index contributed by atoms with van der Waals surface area (Å²) in [6.45, 7) is 0. The van der Waals surface area contributed by atoms with Crippen LogP contribution in [0.3, 0.4) is 0 Å². The van der Waals surface area contributed by atoms with Crippen LogP contribution in [0.25, 0.3) is 0 Å². The molecule has 0 amide bonds. The van der Waals surface area contributed by atoms with E-state index in [1.807, 2.05) is 0 Å². The Morgan fingerprint density at radius 2 is 1.18 bits per heavy atom. The van der Waals surface area contributed by atoms with Gasteiger partial charge in [0.25, 0.3) is 0 Å². The van der Waals surface area contributed by atoms with Crippen LogP contribution in [0, 0.1) is 0 Å². The number of benzene rings is 4. The van der Waals surface area contributed by atoms with E-state index in [4.69, 9.17) is 15.1 Å². The Bertz CT molecular complexity index is 1150. The summed E-state index contributed by atoms with van der Waals surface area (Å²) in [4.78, 5) is 0. The molecule has 1 aliphatic heterocycles. The Morgan fingerprint density at radius 3 is 1.71 bits per heavy atom. The second kappa shape index (κ2) is 10.2. The van der Waals surface area contributed by atoms with Crippen LogP contribution >= 0.6 is 14.3 Å². The number of rotatable bonds is 7. The zero-order valence-corrected chi connectivity index (χ0v) is 21.4. The van der Waals surface area contributed by atoms with Gasteiger partial charge in [0.15, 0.2) is 0 Å². The van der Waals surface area contributed by atoms with Crippen LogP contribution in [0.1, 0.15) is 30.5 Å². The second-order valence-corrected chi connectivity index (χ2v) is 16.2. The van der Waals surface area contributed by atoms with Crippen molar-refractivity contribution in [1.82, 2.24) is 0 Å². The maximum Gasteiger partial charge on any atom is 0.0596 e. The molecule has 1 heterocycles. The van der Waals surface area contributed by atoms with E-state index in [2.05, 4.69) is 121 Å². The molecule has 0 spiro atoms. The Hall–Kier alpha value is -2.13. The molecule has 3 unspecified atom stereocenters. The van der Waals surface area contributed by atoms with Crippen molar-refractivity contribution in [3.63, 3.8) is 0 Å². The van der Waals surface area contributed by atoms with E-state index in [-0.39, 0.29) is 5.66 Å². The van der Waals surface area contributed by atoms with Crippen molar-refractivity contribution in [1.29, 1.82) is 0 Å². The lowest BCUT2D eigenvalue weighted by Gasteiger charge is -2.47. The predicted molar refractivity (Wildman–Crippen MR) is 155 cm³/mol. The molecule has 0 nitrogen and oxygen atoms in total. The summed E-state index contributed by atoms with van der Waals surface area (Å²) < 4.78 is 0. The van der Waals surface area contributed by atoms with Gasteiger partial charge in [-0.05, 0) is 54.8 Å². The molecule has 4 aromatic rings. The molecule has 4 aromatic carbocycles. The van der Waals surface area contributed by atoms with E-state index < -0.39 is 14.3 Å². The smallest absolute Gasteiger partial charge is 0.0596 e. The highest BCUT2D eigenvalue weighted by atomic mass is 31.2. The van der Waals surface area contributed by atoms with Crippen LogP contribution in [0.15, 0.2) is 121 Å². The fourth-order valence-corrected chi connectivity index (χ4v) is 13.1. The summed E-state index contributed by atoms with van der Waals surface area (Å²) in [6, 6.07) is 43.4. The van der Waals surface area contributed by atoms with Gasteiger partial charge in [-0.15, -0.1) is 0 Å². The topological polar surface area (TPSA) is 0 Å². The lowest BCUT2D eigenvalue weighted by molar-refractivity contribution is 0.698. The average Bonchev–Trinajstić information content (AvgIpc) is 3.30. The van der Waals surface area contributed by atoms with Gasteiger partial charge in [-0.1, -0.05) is 84.9 Å². The first-order chi connectivity index (χ1) is 16.6. The van der Waals surface area contributed by atoms with Crippen LogP contribution in [0.5, 0.6) is 0 Å². The molecule has 1 fully saturated rings. The first-order valence-corrected chi connectivity index (χ1v) is 16.2. The minimum atomic E-state index is -2.24. The molecule has 6 radical (unpaired) electrons. The SMILES string of the molecule is [B-][P+]1(c2ccccc2)CCCC1CC(c1ccccc1)[P+]([B-])(c1ccccc1)c1ccccc1. The summed E-state index contributed by atoms with van der Waals surface area (Å²) in [5.74, 6) is 0. The fourth-order valence-electron chi connectivity index (χ4n) is 5.68. The Balaban J connectivity index is 1.64. The summed E-state index contributed by atoms with van der Waals surface area (Å²) in [5, 5.41) is 3.88.